The number of likely N-dealkylation sites (N-methyl/N-ethyl adjacent to an activating group) is 1. The molecule has 0 aliphatic rings. The highest BCUT2D eigenvalue weighted by atomic mass is 79.9. The lowest BCUT2D eigenvalue weighted by molar-refractivity contribution is -0.149. The SMILES string of the molecule is CCOC(=O)C(c1ccc(F)c(F)c1)N(C)CC(=O)Nc1ccccc1Br. The molecule has 8 heteroatoms. The molecule has 144 valence electrons. The highest BCUT2D eigenvalue weighted by molar-refractivity contribution is 9.10. The normalized spacial score (nSPS) is 11.9. The van der Waals surface area contributed by atoms with Crippen molar-refractivity contribution >= 4 is 33.5 Å². The summed E-state index contributed by atoms with van der Waals surface area (Å²) in [5.74, 6) is -3.12. The lowest BCUT2D eigenvalue weighted by Crippen LogP contribution is -2.38. The number of rotatable bonds is 7. The Balaban J connectivity index is 2.19. The maximum absolute atomic E-state index is 13.6. The molecule has 2 aromatic rings. The molecular formula is C19H19BrF2N2O3. The molecular weight excluding hydrogens is 422 g/mol. The third-order valence-electron chi connectivity index (χ3n) is 3.75. The van der Waals surface area contributed by atoms with Crippen LogP contribution in [-0.2, 0) is 14.3 Å². The van der Waals surface area contributed by atoms with E-state index < -0.39 is 23.6 Å². The van der Waals surface area contributed by atoms with Crippen molar-refractivity contribution in [2.75, 3.05) is 25.5 Å². The molecule has 1 amide bonds. The van der Waals surface area contributed by atoms with Crippen molar-refractivity contribution < 1.29 is 23.1 Å². The Labute approximate surface area is 164 Å². The minimum atomic E-state index is -1.08. The number of carbonyl (C=O) groups excluding carboxylic acids is 2. The number of benzene rings is 2. The first-order valence-electron chi connectivity index (χ1n) is 8.19. The van der Waals surface area contributed by atoms with Crippen LogP contribution in [0.1, 0.15) is 18.5 Å². The monoisotopic (exact) mass is 440 g/mol. The van der Waals surface area contributed by atoms with E-state index >= 15 is 0 Å². The second-order valence-electron chi connectivity index (χ2n) is 5.77. The van der Waals surface area contributed by atoms with E-state index in [1.54, 1.807) is 25.1 Å². The molecule has 0 bridgehead atoms. The number of nitrogens with zero attached hydrogens (tertiary/aromatic N) is 1. The Morgan fingerprint density at radius 2 is 1.89 bits per heavy atom. The van der Waals surface area contributed by atoms with Crippen molar-refractivity contribution in [3.8, 4) is 0 Å². The zero-order valence-electron chi connectivity index (χ0n) is 14.8. The molecule has 0 aliphatic heterocycles. The van der Waals surface area contributed by atoms with Gasteiger partial charge in [0.05, 0.1) is 18.8 Å². The van der Waals surface area contributed by atoms with Gasteiger partial charge in [-0.05, 0) is 59.7 Å². The summed E-state index contributed by atoms with van der Waals surface area (Å²) < 4.78 is 32.6. The summed E-state index contributed by atoms with van der Waals surface area (Å²) in [5.41, 5.74) is 0.778. The fourth-order valence-corrected chi connectivity index (χ4v) is 2.93. The topological polar surface area (TPSA) is 58.6 Å². The molecule has 27 heavy (non-hydrogen) atoms. The van der Waals surface area contributed by atoms with Crippen LogP contribution in [0, 0.1) is 11.6 Å². The molecule has 0 fully saturated rings. The first kappa shape index (κ1) is 21.0. The van der Waals surface area contributed by atoms with Crippen LogP contribution < -0.4 is 5.32 Å². The van der Waals surface area contributed by atoms with Crippen molar-refractivity contribution in [2.45, 2.75) is 13.0 Å². The Bertz CT molecular complexity index is 832. The highest BCUT2D eigenvalue weighted by Gasteiger charge is 2.29. The largest absolute Gasteiger partial charge is 0.465 e. The summed E-state index contributed by atoms with van der Waals surface area (Å²) in [6.45, 7) is 1.60. The van der Waals surface area contributed by atoms with Crippen LogP contribution in [0.4, 0.5) is 14.5 Å². The van der Waals surface area contributed by atoms with Gasteiger partial charge in [-0.25, -0.2) is 13.6 Å². The lowest BCUT2D eigenvalue weighted by atomic mass is 10.1. The summed E-state index contributed by atoms with van der Waals surface area (Å²) in [6, 6.07) is 9.19. The van der Waals surface area contributed by atoms with E-state index in [1.807, 2.05) is 6.07 Å². The van der Waals surface area contributed by atoms with Crippen molar-refractivity contribution in [2.24, 2.45) is 0 Å². The van der Waals surface area contributed by atoms with Gasteiger partial charge >= 0.3 is 5.97 Å². The third kappa shape index (κ3) is 5.58. The number of nitrogens with one attached hydrogen (secondary N) is 1. The fraction of sp³-hybridized carbons (Fsp3) is 0.263. The minimum Gasteiger partial charge on any atom is -0.465 e. The molecule has 0 spiro atoms. The average molecular weight is 441 g/mol. The van der Waals surface area contributed by atoms with E-state index in [4.69, 9.17) is 4.74 Å². The molecule has 0 radical (unpaired) electrons. The van der Waals surface area contributed by atoms with Crippen molar-refractivity contribution in [3.63, 3.8) is 0 Å². The van der Waals surface area contributed by atoms with Gasteiger partial charge in [0.15, 0.2) is 11.6 Å². The van der Waals surface area contributed by atoms with E-state index in [-0.39, 0.29) is 24.6 Å². The molecule has 5 nitrogen and oxygen atoms in total. The van der Waals surface area contributed by atoms with Gasteiger partial charge in [-0.3, -0.25) is 9.69 Å². The maximum Gasteiger partial charge on any atom is 0.328 e. The number of esters is 1. The van der Waals surface area contributed by atoms with Gasteiger partial charge in [-0.15, -0.1) is 0 Å². The summed E-state index contributed by atoms with van der Waals surface area (Å²) in [7, 11) is 1.53. The number of amides is 1. The van der Waals surface area contributed by atoms with Gasteiger partial charge in [0.25, 0.3) is 0 Å². The Kier molecular flexibility index (Phi) is 7.44. The standard InChI is InChI=1S/C19H19BrF2N2O3/c1-3-27-19(26)18(12-8-9-14(21)15(22)10-12)24(2)11-17(25)23-16-7-5-4-6-13(16)20/h4-10,18H,3,11H2,1-2H3,(H,23,25). The first-order valence-corrected chi connectivity index (χ1v) is 8.99. The molecule has 1 N–H and O–H groups in total. The second kappa shape index (κ2) is 9.57. The first-order chi connectivity index (χ1) is 12.8. The minimum absolute atomic E-state index is 0.121. The molecule has 1 unspecified atom stereocenters. The third-order valence-corrected chi connectivity index (χ3v) is 4.44. The molecule has 0 saturated heterocycles. The zero-order chi connectivity index (χ0) is 20.0. The Morgan fingerprint density at radius 3 is 2.52 bits per heavy atom. The summed E-state index contributed by atoms with van der Waals surface area (Å²) in [5, 5.41) is 2.73. The predicted molar refractivity (Wildman–Crippen MR) is 101 cm³/mol. The maximum atomic E-state index is 13.6. The van der Waals surface area contributed by atoms with Crippen molar-refractivity contribution in [3.05, 3.63) is 64.1 Å². The van der Waals surface area contributed by atoms with Crippen LogP contribution >= 0.6 is 15.9 Å². The lowest BCUT2D eigenvalue weighted by Gasteiger charge is -2.26. The van der Waals surface area contributed by atoms with E-state index in [9.17, 15) is 18.4 Å². The van der Waals surface area contributed by atoms with Gasteiger partial charge in [0.1, 0.15) is 6.04 Å². The average Bonchev–Trinajstić information content (AvgIpc) is 2.60. The summed E-state index contributed by atoms with van der Waals surface area (Å²) in [4.78, 5) is 26.1. The molecule has 0 heterocycles. The number of ether oxygens (including phenoxy) is 1. The van der Waals surface area contributed by atoms with Gasteiger partial charge < -0.3 is 10.1 Å². The number of carbonyl (C=O) groups is 2. The van der Waals surface area contributed by atoms with Crippen LogP contribution in [0.15, 0.2) is 46.9 Å². The van der Waals surface area contributed by atoms with E-state index in [0.717, 1.165) is 12.1 Å². The highest BCUT2D eigenvalue weighted by Crippen LogP contribution is 2.24. The van der Waals surface area contributed by atoms with Crippen molar-refractivity contribution in [1.29, 1.82) is 0 Å². The Hall–Kier alpha value is -2.32. The molecule has 0 saturated carbocycles. The molecule has 2 rings (SSSR count). The van der Waals surface area contributed by atoms with Crippen LogP contribution in [0.5, 0.6) is 0 Å². The van der Waals surface area contributed by atoms with Crippen LogP contribution in [0.25, 0.3) is 0 Å². The number of halogens is 3. The van der Waals surface area contributed by atoms with Crippen LogP contribution in [-0.4, -0.2) is 37.0 Å². The Morgan fingerprint density at radius 1 is 1.19 bits per heavy atom. The number of para-hydroxylation sites is 1. The smallest absolute Gasteiger partial charge is 0.328 e. The fourth-order valence-electron chi connectivity index (χ4n) is 2.54. The van der Waals surface area contributed by atoms with Crippen molar-refractivity contribution in [1.82, 2.24) is 4.90 Å². The summed E-state index contributed by atoms with van der Waals surface area (Å²) >= 11 is 3.34. The molecule has 2 aromatic carbocycles. The zero-order valence-corrected chi connectivity index (χ0v) is 16.4. The number of anilines is 1. The molecule has 1 atom stereocenters. The quantitative estimate of drug-likeness (QED) is 0.663. The number of hydrogen-bond donors (Lipinski definition) is 1. The molecule has 0 aliphatic carbocycles. The van der Waals surface area contributed by atoms with Gasteiger partial charge in [0.2, 0.25) is 5.91 Å². The van der Waals surface area contributed by atoms with Crippen LogP contribution in [0.2, 0.25) is 0 Å². The van der Waals surface area contributed by atoms with E-state index in [2.05, 4.69) is 21.2 Å². The van der Waals surface area contributed by atoms with Gasteiger partial charge in [-0.2, -0.15) is 0 Å². The van der Waals surface area contributed by atoms with Gasteiger partial charge in [-0.1, -0.05) is 18.2 Å². The molecule has 0 aromatic heterocycles. The van der Waals surface area contributed by atoms with Crippen LogP contribution in [0.3, 0.4) is 0 Å². The van der Waals surface area contributed by atoms with E-state index in [1.165, 1.54) is 18.0 Å². The van der Waals surface area contributed by atoms with Gasteiger partial charge in [0, 0.05) is 4.47 Å². The van der Waals surface area contributed by atoms with E-state index in [0.29, 0.717) is 10.2 Å². The summed E-state index contributed by atoms with van der Waals surface area (Å²) in [6.07, 6.45) is 0. The predicted octanol–water partition coefficient (Wildman–Crippen LogP) is 3.90. The second-order valence-corrected chi connectivity index (χ2v) is 6.63. The number of hydrogen-bond acceptors (Lipinski definition) is 4.